The third kappa shape index (κ3) is 4.37. The van der Waals surface area contributed by atoms with E-state index < -0.39 is 5.79 Å². The molecule has 4 rings (SSSR count). The number of hydrogen-bond donors (Lipinski definition) is 0. The van der Waals surface area contributed by atoms with E-state index in [4.69, 9.17) is 13.9 Å². The average molecular weight is 399 g/mol. The van der Waals surface area contributed by atoms with Crippen LogP contribution in [0.5, 0.6) is 0 Å². The number of carbonyl (C=O) groups is 1. The second-order valence-corrected chi connectivity index (χ2v) is 8.12. The summed E-state index contributed by atoms with van der Waals surface area (Å²) in [6.45, 7) is 7.76. The first-order valence-electron chi connectivity index (χ1n) is 10.2. The summed E-state index contributed by atoms with van der Waals surface area (Å²) in [7, 11) is 2.07. The quantitative estimate of drug-likeness (QED) is 0.786. The van der Waals surface area contributed by atoms with E-state index in [-0.39, 0.29) is 11.8 Å². The van der Waals surface area contributed by atoms with Crippen molar-refractivity contribution in [2.75, 3.05) is 46.4 Å². The van der Waals surface area contributed by atoms with E-state index in [1.54, 1.807) is 6.92 Å². The molecule has 0 saturated carbocycles. The summed E-state index contributed by atoms with van der Waals surface area (Å²) < 4.78 is 17.7. The lowest BCUT2D eigenvalue weighted by molar-refractivity contribution is -0.266. The minimum atomic E-state index is -1.19. The van der Waals surface area contributed by atoms with Crippen LogP contribution in [0.15, 0.2) is 34.7 Å². The van der Waals surface area contributed by atoms with Crippen molar-refractivity contribution in [2.45, 2.75) is 26.1 Å². The number of benzene rings is 1. The molecule has 2 aliphatic heterocycles. The highest BCUT2D eigenvalue weighted by molar-refractivity contribution is 5.83. The Morgan fingerprint density at radius 1 is 1.14 bits per heavy atom. The van der Waals surface area contributed by atoms with Gasteiger partial charge in [-0.2, -0.15) is 0 Å². The van der Waals surface area contributed by atoms with E-state index >= 15 is 0 Å². The van der Waals surface area contributed by atoms with Crippen molar-refractivity contribution in [2.24, 2.45) is 5.92 Å². The van der Waals surface area contributed by atoms with E-state index in [2.05, 4.69) is 16.9 Å². The molecule has 1 aromatic carbocycles. The zero-order valence-electron chi connectivity index (χ0n) is 17.4. The van der Waals surface area contributed by atoms with Crippen LogP contribution < -0.4 is 0 Å². The minimum absolute atomic E-state index is 0.0759. The van der Waals surface area contributed by atoms with Gasteiger partial charge in [0.25, 0.3) is 5.91 Å². The zero-order valence-corrected chi connectivity index (χ0v) is 17.4. The molecule has 0 aliphatic carbocycles. The van der Waals surface area contributed by atoms with Crippen molar-refractivity contribution in [1.29, 1.82) is 0 Å². The molecule has 0 bridgehead atoms. The van der Waals surface area contributed by atoms with Gasteiger partial charge in [-0.1, -0.05) is 18.2 Å². The molecule has 2 aromatic rings. The third-order valence-corrected chi connectivity index (χ3v) is 5.76. The fraction of sp³-hybridized carbons (Fsp3) is 0.545. The molecule has 1 aromatic heterocycles. The Balaban J connectivity index is 1.35. The van der Waals surface area contributed by atoms with Gasteiger partial charge in [0.1, 0.15) is 5.76 Å². The predicted molar refractivity (Wildman–Crippen MR) is 108 cm³/mol. The monoisotopic (exact) mass is 399 g/mol. The first-order chi connectivity index (χ1) is 13.9. The fourth-order valence-electron chi connectivity index (χ4n) is 3.78. The summed E-state index contributed by atoms with van der Waals surface area (Å²) in [5, 5.41) is 0. The SMILES string of the molecule is Cc1oc(-c2ccccc2)nc1CC1COC(C)(C(=O)N2CCN(C)CC2)OC1. The van der Waals surface area contributed by atoms with E-state index in [1.807, 2.05) is 42.2 Å². The second kappa shape index (κ2) is 8.26. The molecule has 2 fully saturated rings. The zero-order chi connectivity index (χ0) is 20.4. The number of nitrogens with zero attached hydrogens (tertiary/aromatic N) is 3. The van der Waals surface area contributed by atoms with Crippen LogP contribution in [0.3, 0.4) is 0 Å². The summed E-state index contributed by atoms with van der Waals surface area (Å²) in [6, 6.07) is 9.87. The number of ether oxygens (including phenoxy) is 2. The van der Waals surface area contributed by atoms with Crippen LogP contribution >= 0.6 is 0 Å². The van der Waals surface area contributed by atoms with Crippen LogP contribution in [0, 0.1) is 12.8 Å². The molecule has 3 heterocycles. The Kier molecular flexibility index (Phi) is 5.72. The second-order valence-electron chi connectivity index (χ2n) is 8.12. The number of aryl methyl sites for hydroxylation is 1. The van der Waals surface area contributed by atoms with E-state index in [0.717, 1.165) is 30.1 Å². The molecule has 0 N–H and O–H groups in total. The summed E-state index contributed by atoms with van der Waals surface area (Å²) in [5.74, 6) is 0.306. The van der Waals surface area contributed by atoms with Crippen molar-refractivity contribution in [1.82, 2.24) is 14.8 Å². The Bertz CT molecular complexity index is 835. The van der Waals surface area contributed by atoms with Crippen LogP contribution in [0.2, 0.25) is 0 Å². The van der Waals surface area contributed by atoms with Gasteiger partial charge in [0, 0.05) is 44.1 Å². The van der Waals surface area contributed by atoms with Gasteiger partial charge in [-0.05, 0) is 33.0 Å². The number of aromatic nitrogens is 1. The molecule has 0 unspecified atom stereocenters. The highest BCUT2D eigenvalue weighted by atomic mass is 16.7. The summed E-state index contributed by atoms with van der Waals surface area (Å²) >= 11 is 0. The Hall–Kier alpha value is -2.22. The van der Waals surface area contributed by atoms with Crippen molar-refractivity contribution in [3.8, 4) is 11.5 Å². The molecule has 7 heteroatoms. The first kappa shape index (κ1) is 20.1. The number of hydrogen-bond acceptors (Lipinski definition) is 6. The Morgan fingerprint density at radius 2 is 1.79 bits per heavy atom. The largest absolute Gasteiger partial charge is 0.441 e. The highest BCUT2D eigenvalue weighted by Gasteiger charge is 2.43. The molecule has 0 radical (unpaired) electrons. The van der Waals surface area contributed by atoms with Gasteiger partial charge >= 0.3 is 0 Å². The Morgan fingerprint density at radius 3 is 2.45 bits per heavy atom. The van der Waals surface area contributed by atoms with Gasteiger partial charge in [-0.15, -0.1) is 0 Å². The third-order valence-electron chi connectivity index (χ3n) is 5.76. The number of likely N-dealkylation sites (N-methyl/N-ethyl adjacent to an activating group) is 1. The van der Waals surface area contributed by atoms with Gasteiger partial charge in [0.15, 0.2) is 0 Å². The maximum Gasteiger partial charge on any atom is 0.282 e. The maximum atomic E-state index is 12.9. The molecule has 29 heavy (non-hydrogen) atoms. The average Bonchev–Trinajstić information content (AvgIpc) is 3.11. The van der Waals surface area contributed by atoms with Crippen LogP contribution in [0.25, 0.3) is 11.5 Å². The topological polar surface area (TPSA) is 68.0 Å². The van der Waals surface area contributed by atoms with Crippen molar-refractivity contribution >= 4 is 5.91 Å². The molecule has 156 valence electrons. The molecule has 0 spiro atoms. The smallest absolute Gasteiger partial charge is 0.282 e. The summed E-state index contributed by atoms with van der Waals surface area (Å²) in [5.41, 5.74) is 1.87. The van der Waals surface area contributed by atoms with Gasteiger partial charge in [0.05, 0.1) is 18.9 Å². The van der Waals surface area contributed by atoms with Crippen LogP contribution in [-0.4, -0.2) is 72.9 Å². The summed E-state index contributed by atoms with van der Waals surface area (Å²) in [6.07, 6.45) is 0.695. The van der Waals surface area contributed by atoms with Gasteiger partial charge < -0.3 is 23.7 Å². The molecule has 0 atom stereocenters. The van der Waals surface area contributed by atoms with E-state index in [0.29, 0.717) is 38.6 Å². The standard InChI is InChI=1S/C22H29N3O4/c1-16-19(23-20(29-16)18-7-5-4-6-8-18)13-17-14-27-22(2,28-15-17)21(26)25-11-9-24(3)10-12-25/h4-8,17H,9-15H2,1-3H3. The lowest BCUT2D eigenvalue weighted by atomic mass is 10.0. The van der Waals surface area contributed by atoms with Gasteiger partial charge in [-0.25, -0.2) is 4.98 Å². The number of piperazine rings is 1. The minimum Gasteiger partial charge on any atom is -0.441 e. The summed E-state index contributed by atoms with van der Waals surface area (Å²) in [4.78, 5) is 21.6. The van der Waals surface area contributed by atoms with Gasteiger partial charge in [-0.3, -0.25) is 4.79 Å². The number of rotatable bonds is 4. The van der Waals surface area contributed by atoms with Crippen molar-refractivity contribution in [3.05, 3.63) is 41.8 Å². The van der Waals surface area contributed by atoms with E-state index in [1.165, 1.54) is 0 Å². The van der Waals surface area contributed by atoms with Crippen molar-refractivity contribution < 1.29 is 18.7 Å². The molecule has 7 nitrogen and oxygen atoms in total. The van der Waals surface area contributed by atoms with E-state index in [9.17, 15) is 4.79 Å². The van der Waals surface area contributed by atoms with Crippen LogP contribution in [-0.2, 0) is 20.7 Å². The van der Waals surface area contributed by atoms with Crippen molar-refractivity contribution in [3.63, 3.8) is 0 Å². The Labute approximate surface area is 171 Å². The van der Waals surface area contributed by atoms with Crippen LogP contribution in [0.4, 0.5) is 0 Å². The normalized spacial score (nSPS) is 25.9. The lowest BCUT2D eigenvalue weighted by Gasteiger charge is -2.41. The molecule has 2 aliphatic rings. The molecule has 2 saturated heterocycles. The molecule has 1 amide bonds. The lowest BCUT2D eigenvalue weighted by Crippen LogP contribution is -2.58. The highest BCUT2D eigenvalue weighted by Crippen LogP contribution is 2.28. The van der Waals surface area contributed by atoms with Gasteiger partial charge in [0.2, 0.25) is 11.7 Å². The number of amides is 1. The number of carbonyl (C=O) groups excluding carboxylic acids is 1. The predicted octanol–water partition coefficient (Wildman–Crippen LogP) is 2.35. The molecular weight excluding hydrogens is 370 g/mol. The number of oxazole rings is 1. The molecular formula is C22H29N3O4. The maximum absolute atomic E-state index is 12.9. The van der Waals surface area contributed by atoms with Crippen LogP contribution in [0.1, 0.15) is 18.4 Å². The first-order valence-corrected chi connectivity index (χ1v) is 10.2. The fourth-order valence-corrected chi connectivity index (χ4v) is 3.78.